The van der Waals surface area contributed by atoms with E-state index in [-0.39, 0.29) is 16.3 Å². The number of ether oxygens (including phenoxy) is 1. The Labute approximate surface area is 73.9 Å². The molecule has 64 valence electrons. The van der Waals surface area contributed by atoms with E-state index in [1.807, 2.05) is 0 Å². The summed E-state index contributed by atoms with van der Waals surface area (Å²) in [5.41, 5.74) is 0.250. The molecule has 0 atom stereocenters. The lowest BCUT2D eigenvalue weighted by molar-refractivity contribution is 0.111. The molecular weight excluding hydrogens is 183 g/mol. The summed E-state index contributed by atoms with van der Waals surface area (Å²) in [6.45, 7) is -0.995. The van der Waals surface area contributed by atoms with Crippen LogP contribution in [0.3, 0.4) is 0 Å². The average Bonchev–Trinajstić information content (AvgIpc) is 2.09. The maximum absolute atomic E-state index is 11.8. The lowest BCUT2D eigenvalue weighted by Crippen LogP contribution is -1.95. The second-order valence-corrected chi connectivity index (χ2v) is 2.44. The van der Waals surface area contributed by atoms with Gasteiger partial charge in [0.15, 0.2) is 12.0 Å². The summed E-state index contributed by atoms with van der Waals surface area (Å²) in [7, 11) is 0. The van der Waals surface area contributed by atoms with E-state index in [0.29, 0.717) is 6.29 Å². The first kappa shape index (κ1) is 9.00. The van der Waals surface area contributed by atoms with Crippen molar-refractivity contribution < 1.29 is 13.9 Å². The summed E-state index contributed by atoms with van der Waals surface area (Å²) in [5.74, 6) is 0.0941. The molecule has 0 heterocycles. The van der Waals surface area contributed by atoms with Gasteiger partial charge in [0.05, 0.1) is 10.6 Å². The number of carbonyl (C=O) groups is 1. The van der Waals surface area contributed by atoms with Crippen molar-refractivity contribution in [2.24, 2.45) is 0 Å². The van der Waals surface area contributed by atoms with Crippen LogP contribution in [0.4, 0.5) is 4.39 Å². The van der Waals surface area contributed by atoms with Gasteiger partial charge >= 0.3 is 0 Å². The summed E-state index contributed by atoms with van der Waals surface area (Å²) in [5, 5.41) is 0.234. The SMILES string of the molecule is O=Cc1cccc(Cl)c1OCF. The average molecular weight is 189 g/mol. The molecule has 0 aromatic heterocycles. The molecule has 0 aliphatic heterocycles. The predicted octanol–water partition coefficient (Wildman–Crippen LogP) is 2.46. The number of para-hydroxylation sites is 1. The molecule has 0 amide bonds. The number of alkyl halides is 1. The smallest absolute Gasteiger partial charge is 0.228 e. The van der Waals surface area contributed by atoms with E-state index in [1.165, 1.54) is 12.1 Å². The van der Waals surface area contributed by atoms with Crippen LogP contribution < -0.4 is 4.74 Å². The Morgan fingerprint density at radius 1 is 1.58 bits per heavy atom. The third-order valence-electron chi connectivity index (χ3n) is 1.32. The number of carbonyl (C=O) groups excluding carboxylic acids is 1. The van der Waals surface area contributed by atoms with Crippen LogP contribution in [-0.4, -0.2) is 13.1 Å². The monoisotopic (exact) mass is 188 g/mol. The van der Waals surface area contributed by atoms with Crippen LogP contribution in [0, 0.1) is 0 Å². The van der Waals surface area contributed by atoms with Gasteiger partial charge in [-0.15, -0.1) is 0 Å². The minimum atomic E-state index is -0.995. The maximum atomic E-state index is 11.8. The zero-order valence-corrected chi connectivity index (χ0v) is 6.84. The van der Waals surface area contributed by atoms with Crippen molar-refractivity contribution in [3.8, 4) is 5.75 Å². The first-order valence-electron chi connectivity index (χ1n) is 3.22. The molecule has 0 N–H and O–H groups in total. The van der Waals surface area contributed by atoms with Crippen LogP contribution in [0.25, 0.3) is 0 Å². The highest BCUT2D eigenvalue weighted by molar-refractivity contribution is 6.32. The second-order valence-electron chi connectivity index (χ2n) is 2.03. The molecule has 0 fully saturated rings. The highest BCUT2D eigenvalue weighted by Crippen LogP contribution is 2.27. The van der Waals surface area contributed by atoms with Gasteiger partial charge in [0.25, 0.3) is 0 Å². The molecule has 0 saturated carbocycles. The first-order chi connectivity index (χ1) is 5.79. The van der Waals surface area contributed by atoms with Crippen LogP contribution >= 0.6 is 11.6 Å². The third-order valence-corrected chi connectivity index (χ3v) is 1.62. The Morgan fingerprint density at radius 2 is 2.33 bits per heavy atom. The second kappa shape index (κ2) is 4.07. The number of benzene rings is 1. The molecule has 0 spiro atoms. The minimum absolute atomic E-state index is 0.0941. The molecule has 4 heteroatoms. The van der Waals surface area contributed by atoms with Crippen molar-refractivity contribution in [1.82, 2.24) is 0 Å². The number of aldehydes is 1. The molecule has 0 aliphatic rings. The van der Waals surface area contributed by atoms with Crippen molar-refractivity contribution in [2.75, 3.05) is 6.86 Å². The zero-order valence-electron chi connectivity index (χ0n) is 6.09. The fraction of sp³-hybridized carbons (Fsp3) is 0.125. The largest absolute Gasteiger partial charge is 0.461 e. The van der Waals surface area contributed by atoms with Gasteiger partial charge in [-0.25, -0.2) is 4.39 Å². The number of hydrogen-bond acceptors (Lipinski definition) is 2. The molecule has 1 aromatic carbocycles. The lowest BCUT2D eigenvalue weighted by Gasteiger charge is -2.05. The first-order valence-corrected chi connectivity index (χ1v) is 3.60. The van der Waals surface area contributed by atoms with E-state index in [9.17, 15) is 9.18 Å². The Morgan fingerprint density at radius 3 is 2.92 bits per heavy atom. The van der Waals surface area contributed by atoms with Gasteiger partial charge < -0.3 is 4.74 Å². The van der Waals surface area contributed by atoms with Crippen molar-refractivity contribution in [3.05, 3.63) is 28.8 Å². The van der Waals surface area contributed by atoms with Gasteiger partial charge in [0, 0.05) is 0 Å². The maximum Gasteiger partial charge on any atom is 0.228 e. The van der Waals surface area contributed by atoms with Crippen LogP contribution in [-0.2, 0) is 0 Å². The Kier molecular flexibility index (Phi) is 3.05. The molecule has 0 saturated heterocycles. The lowest BCUT2D eigenvalue weighted by atomic mass is 10.2. The van der Waals surface area contributed by atoms with E-state index in [1.54, 1.807) is 6.07 Å². The van der Waals surface area contributed by atoms with Crippen molar-refractivity contribution in [1.29, 1.82) is 0 Å². The van der Waals surface area contributed by atoms with Crippen molar-refractivity contribution in [3.63, 3.8) is 0 Å². The van der Waals surface area contributed by atoms with E-state index in [4.69, 9.17) is 11.6 Å². The van der Waals surface area contributed by atoms with Gasteiger partial charge in [0.1, 0.15) is 0 Å². The fourth-order valence-electron chi connectivity index (χ4n) is 0.825. The van der Waals surface area contributed by atoms with Crippen LogP contribution in [0.2, 0.25) is 5.02 Å². The van der Waals surface area contributed by atoms with Gasteiger partial charge in [-0.2, -0.15) is 0 Å². The fourth-order valence-corrected chi connectivity index (χ4v) is 1.06. The highest BCUT2D eigenvalue weighted by atomic mass is 35.5. The van der Waals surface area contributed by atoms with Gasteiger partial charge in [-0.3, -0.25) is 4.79 Å². The molecule has 0 radical (unpaired) electrons. The highest BCUT2D eigenvalue weighted by Gasteiger charge is 2.06. The summed E-state index contributed by atoms with van der Waals surface area (Å²) < 4.78 is 16.3. The normalized spacial score (nSPS) is 9.50. The van der Waals surface area contributed by atoms with E-state index in [2.05, 4.69) is 4.74 Å². The topological polar surface area (TPSA) is 26.3 Å². The van der Waals surface area contributed by atoms with Crippen molar-refractivity contribution in [2.45, 2.75) is 0 Å². The number of halogens is 2. The van der Waals surface area contributed by atoms with Gasteiger partial charge in [-0.1, -0.05) is 17.7 Å². The van der Waals surface area contributed by atoms with Crippen LogP contribution in [0.1, 0.15) is 10.4 Å². The zero-order chi connectivity index (χ0) is 8.97. The Hall–Kier alpha value is -1.09. The minimum Gasteiger partial charge on any atom is -0.461 e. The Bertz CT molecular complexity index is 288. The molecule has 1 rings (SSSR count). The van der Waals surface area contributed by atoms with E-state index < -0.39 is 6.86 Å². The summed E-state index contributed by atoms with van der Waals surface area (Å²) in [4.78, 5) is 10.4. The van der Waals surface area contributed by atoms with Crippen molar-refractivity contribution >= 4 is 17.9 Å². The molecule has 0 aliphatic carbocycles. The Balaban J connectivity index is 3.10. The summed E-state index contributed by atoms with van der Waals surface area (Å²) >= 11 is 5.64. The molecular formula is C8H6ClFO2. The third kappa shape index (κ3) is 1.74. The van der Waals surface area contributed by atoms with Gasteiger partial charge in [0.2, 0.25) is 6.86 Å². The molecule has 1 aromatic rings. The summed E-state index contributed by atoms with van der Waals surface area (Å²) in [6, 6.07) is 4.63. The van der Waals surface area contributed by atoms with E-state index in [0.717, 1.165) is 0 Å². The quantitative estimate of drug-likeness (QED) is 0.682. The number of rotatable bonds is 3. The van der Waals surface area contributed by atoms with E-state index >= 15 is 0 Å². The van der Waals surface area contributed by atoms with Crippen LogP contribution in [0.15, 0.2) is 18.2 Å². The summed E-state index contributed by atoms with van der Waals surface area (Å²) in [6.07, 6.45) is 0.566. The molecule has 2 nitrogen and oxygen atoms in total. The standard InChI is InChI=1S/C8H6ClFO2/c9-7-3-1-2-6(4-11)8(7)12-5-10/h1-4H,5H2. The molecule has 0 bridgehead atoms. The predicted molar refractivity (Wildman–Crippen MR) is 43.4 cm³/mol. The molecule has 12 heavy (non-hydrogen) atoms. The van der Waals surface area contributed by atoms with Gasteiger partial charge in [-0.05, 0) is 12.1 Å². The van der Waals surface area contributed by atoms with Crippen LogP contribution in [0.5, 0.6) is 5.75 Å². The molecule has 0 unspecified atom stereocenters. The number of hydrogen-bond donors (Lipinski definition) is 0.